The maximum Gasteiger partial charge on any atom is 1.00 e. The van der Waals surface area contributed by atoms with Crippen molar-refractivity contribution in [1.29, 1.82) is 0 Å². The second-order valence-electron chi connectivity index (χ2n) is 8.53. The van der Waals surface area contributed by atoms with E-state index in [0.717, 1.165) is 31.7 Å². The van der Waals surface area contributed by atoms with Crippen LogP contribution in [-0.4, -0.2) is 22.7 Å². The summed E-state index contributed by atoms with van der Waals surface area (Å²) in [5, 5.41) is 23.5. The number of aliphatic hydroxyl groups excluding tert-OH is 1. The molecular formula is C29H24NNaO4S. The summed E-state index contributed by atoms with van der Waals surface area (Å²) in [4.78, 5) is 18.2. The van der Waals surface area contributed by atoms with Crippen molar-refractivity contribution in [2.45, 2.75) is 26.4 Å². The molecule has 0 saturated heterocycles. The Bertz CT molecular complexity index is 1550. The van der Waals surface area contributed by atoms with E-state index in [-0.39, 0.29) is 41.7 Å². The van der Waals surface area contributed by atoms with Crippen molar-refractivity contribution in [2.24, 2.45) is 0 Å². The Morgan fingerprint density at radius 2 is 1.78 bits per heavy atom. The summed E-state index contributed by atoms with van der Waals surface area (Å²) >= 11 is 1.60. The van der Waals surface area contributed by atoms with E-state index in [1.807, 2.05) is 62.4 Å². The summed E-state index contributed by atoms with van der Waals surface area (Å²) < 4.78 is 7.45. The number of ether oxygens (including phenoxy) is 1. The molecule has 0 amide bonds. The van der Waals surface area contributed by atoms with Gasteiger partial charge in [-0.1, -0.05) is 54.6 Å². The molecule has 0 aliphatic heterocycles. The minimum absolute atomic E-state index is 0. The van der Waals surface area contributed by atoms with E-state index in [1.165, 1.54) is 0 Å². The van der Waals surface area contributed by atoms with Crippen LogP contribution >= 0.6 is 11.3 Å². The molecule has 7 heteroatoms. The van der Waals surface area contributed by atoms with Gasteiger partial charge in [0.2, 0.25) is 0 Å². The van der Waals surface area contributed by atoms with Crippen molar-refractivity contribution in [1.82, 2.24) is 4.98 Å². The number of fused-ring (bicyclic) bond motifs is 2. The summed E-state index contributed by atoms with van der Waals surface area (Å²) in [5.74, 6) is -0.884. The fraction of sp³-hybridized carbons (Fsp3) is 0.172. The maximum absolute atomic E-state index is 12.4. The minimum atomic E-state index is -1.29. The molecule has 2 heterocycles. The van der Waals surface area contributed by atoms with Crippen molar-refractivity contribution in [3.05, 3.63) is 95.1 Å². The smallest absolute Gasteiger partial charge is 0.545 e. The molecule has 0 radical (unpaired) electrons. The Morgan fingerprint density at radius 3 is 2.47 bits per heavy atom. The molecule has 5 nitrogen and oxygen atoms in total. The SMILES string of the molecule is Cc1c(-c2cc(C(=O)[O-])c3c(OC(CCO)c4ccccc4)ccc(C)c3n2)sc2ccccc12.[Na+]. The number of aromatic carboxylic acids is 1. The van der Waals surface area contributed by atoms with E-state index in [9.17, 15) is 15.0 Å². The first kappa shape index (κ1) is 26.3. The molecule has 2 aromatic heterocycles. The molecule has 176 valence electrons. The monoisotopic (exact) mass is 505 g/mol. The maximum atomic E-state index is 12.4. The summed E-state index contributed by atoms with van der Waals surface area (Å²) in [7, 11) is 0. The van der Waals surface area contributed by atoms with Crippen molar-refractivity contribution < 1.29 is 49.3 Å². The Kier molecular flexibility index (Phi) is 8.13. The Hall–Kier alpha value is -2.74. The molecular weight excluding hydrogens is 481 g/mol. The molecule has 0 bridgehead atoms. The third-order valence-corrected chi connectivity index (χ3v) is 7.55. The van der Waals surface area contributed by atoms with Crippen LogP contribution in [0.15, 0.2) is 72.8 Å². The first-order valence-corrected chi connectivity index (χ1v) is 12.3. The van der Waals surface area contributed by atoms with Crippen LogP contribution in [0.1, 0.15) is 39.6 Å². The van der Waals surface area contributed by atoms with Crippen LogP contribution in [0, 0.1) is 13.8 Å². The third kappa shape index (κ3) is 4.92. The molecule has 3 aromatic carbocycles. The summed E-state index contributed by atoms with van der Waals surface area (Å²) in [6.45, 7) is 3.87. The van der Waals surface area contributed by atoms with Gasteiger partial charge in [0.15, 0.2) is 0 Å². The van der Waals surface area contributed by atoms with E-state index in [0.29, 0.717) is 28.8 Å². The predicted molar refractivity (Wildman–Crippen MR) is 138 cm³/mol. The average molecular weight is 506 g/mol. The molecule has 0 aliphatic rings. The van der Waals surface area contributed by atoms with E-state index >= 15 is 0 Å². The molecule has 0 aliphatic carbocycles. The molecule has 1 atom stereocenters. The number of carbonyl (C=O) groups is 1. The van der Waals surface area contributed by atoms with E-state index < -0.39 is 12.1 Å². The van der Waals surface area contributed by atoms with Crippen LogP contribution in [0.3, 0.4) is 0 Å². The first-order valence-electron chi connectivity index (χ1n) is 11.4. The number of benzene rings is 3. The number of aliphatic hydroxyl groups is 1. The van der Waals surface area contributed by atoms with Crippen LogP contribution < -0.4 is 39.4 Å². The zero-order valence-electron chi connectivity index (χ0n) is 20.4. The quantitative estimate of drug-likeness (QED) is 0.344. The zero-order valence-corrected chi connectivity index (χ0v) is 23.3. The second-order valence-corrected chi connectivity index (χ2v) is 9.58. The number of aromatic nitrogens is 1. The number of rotatable bonds is 7. The fourth-order valence-electron chi connectivity index (χ4n) is 4.47. The van der Waals surface area contributed by atoms with E-state index in [2.05, 4.69) is 12.1 Å². The third-order valence-electron chi connectivity index (χ3n) is 6.25. The Labute approximate surface area is 235 Å². The number of thiophene rings is 1. The molecule has 36 heavy (non-hydrogen) atoms. The number of carboxylic acids is 1. The summed E-state index contributed by atoms with van der Waals surface area (Å²) in [6.07, 6.45) is -0.0711. The molecule has 0 fully saturated rings. The van der Waals surface area contributed by atoms with Gasteiger partial charge >= 0.3 is 29.6 Å². The number of aryl methyl sites for hydroxylation is 2. The number of carbonyl (C=O) groups excluding carboxylic acids is 1. The van der Waals surface area contributed by atoms with Crippen molar-refractivity contribution in [3.8, 4) is 16.3 Å². The van der Waals surface area contributed by atoms with Gasteiger partial charge in [-0.15, -0.1) is 11.3 Å². The minimum Gasteiger partial charge on any atom is -0.545 e. The van der Waals surface area contributed by atoms with Gasteiger partial charge in [-0.05, 0) is 54.1 Å². The topological polar surface area (TPSA) is 82.5 Å². The normalized spacial score (nSPS) is 11.9. The number of carboxylic acid groups (broad SMARTS) is 1. The number of nitrogens with zero attached hydrogens (tertiary/aromatic N) is 1. The largest absolute Gasteiger partial charge is 1.00 e. The van der Waals surface area contributed by atoms with Crippen molar-refractivity contribution in [3.63, 3.8) is 0 Å². The summed E-state index contributed by atoms with van der Waals surface area (Å²) in [6, 6.07) is 22.9. The fourth-order valence-corrected chi connectivity index (χ4v) is 5.64. The van der Waals surface area contributed by atoms with Crippen LogP contribution in [0.2, 0.25) is 0 Å². The average Bonchev–Trinajstić information content (AvgIpc) is 3.21. The van der Waals surface area contributed by atoms with Gasteiger partial charge in [0.25, 0.3) is 0 Å². The second kappa shape index (κ2) is 11.1. The number of hydrogen-bond acceptors (Lipinski definition) is 6. The molecule has 0 spiro atoms. The first-order chi connectivity index (χ1) is 17.0. The summed E-state index contributed by atoms with van der Waals surface area (Å²) in [5.41, 5.74) is 4.01. The predicted octanol–water partition coefficient (Wildman–Crippen LogP) is 2.60. The molecule has 1 unspecified atom stereocenters. The van der Waals surface area contributed by atoms with Gasteiger partial charge in [0.05, 0.1) is 27.4 Å². The Morgan fingerprint density at radius 1 is 1.06 bits per heavy atom. The zero-order chi connectivity index (χ0) is 24.5. The van der Waals surface area contributed by atoms with Crippen LogP contribution in [0.25, 0.3) is 31.6 Å². The van der Waals surface area contributed by atoms with Gasteiger partial charge in [0.1, 0.15) is 11.9 Å². The van der Waals surface area contributed by atoms with Gasteiger partial charge in [-0.2, -0.15) is 0 Å². The Balaban J connectivity index is 0.00000304. The van der Waals surface area contributed by atoms with Gasteiger partial charge in [-0.3, -0.25) is 0 Å². The number of pyridine rings is 1. The van der Waals surface area contributed by atoms with Gasteiger partial charge in [-0.25, -0.2) is 4.98 Å². The van der Waals surface area contributed by atoms with Gasteiger partial charge < -0.3 is 19.7 Å². The molecule has 5 aromatic rings. The van der Waals surface area contributed by atoms with Crippen molar-refractivity contribution >= 4 is 38.3 Å². The van der Waals surface area contributed by atoms with E-state index in [4.69, 9.17) is 9.72 Å². The van der Waals surface area contributed by atoms with Crippen LogP contribution in [0.5, 0.6) is 5.75 Å². The number of hydrogen-bond donors (Lipinski definition) is 1. The van der Waals surface area contributed by atoms with Crippen LogP contribution in [0.4, 0.5) is 0 Å². The van der Waals surface area contributed by atoms with Gasteiger partial charge in [0, 0.05) is 23.3 Å². The van der Waals surface area contributed by atoms with Crippen LogP contribution in [-0.2, 0) is 0 Å². The molecule has 5 rings (SSSR count). The van der Waals surface area contributed by atoms with Crippen molar-refractivity contribution in [2.75, 3.05) is 6.61 Å². The molecule has 0 saturated carbocycles. The van der Waals surface area contributed by atoms with E-state index in [1.54, 1.807) is 23.5 Å². The standard InChI is InChI=1S/C29H25NO4S.Na/c1-17-12-13-24(34-23(14-15-31)19-8-4-3-5-9-19)26-21(29(32)33)16-22(30-27(17)26)28-18(2)20-10-6-7-11-25(20)35-28;/h3-13,16,23,31H,14-15H2,1-2H3,(H,32,33);/q;+1/p-1. The molecule has 1 N–H and O–H groups in total.